The molecule has 1 fully saturated rings. The van der Waals surface area contributed by atoms with Crippen molar-refractivity contribution in [3.8, 4) is 11.1 Å². The first-order valence-corrected chi connectivity index (χ1v) is 12.6. The Bertz CT molecular complexity index is 1280. The van der Waals surface area contributed by atoms with E-state index in [9.17, 15) is 10.0 Å². The Morgan fingerprint density at radius 1 is 1.22 bits per heavy atom. The third-order valence-electron chi connectivity index (χ3n) is 6.25. The number of aromatic amines is 1. The molecule has 3 heterocycles. The highest BCUT2D eigenvalue weighted by atomic mass is 32.2. The molecule has 10 nitrogen and oxygen atoms in total. The maximum Gasteiger partial charge on any atom is 0.320 e. The summed E-state index contributed by atoms with van der Waals surface area (Å²) in [7, 11) is 0. The summed E-state index contributed by atoms with van der Waals surface area (Å²) in [6, 6.07) is 12.0. The monoisotopic (exact) mass is 508 g/mol. The molecule has 0 spiro atoms. The fourth-order valence-electron chi connectivity index (χ4n) is 4.38. The molecule has 3 unspecified atom stereocenters. The van der Waals surface area contributed by atoms with Gasteiger partial charge in [-0.15, -0.1) is 22.0 Å². The number of nitrogens with zero attached hydrogens (tertiary/aromatic N) is 5. The quantitative estimate of drug-likeness (QED) is 0.167. The number of carbonyl (C=O) groups is 1. The lowest BCUT2D eigenvalue weighted by Crippen LogP contribution is -3.12. The minimum absolute atomic E-state index is 0.295. The number of nitrogens with one attached hydrogen (secondary N) is 3. The number of thioether (sulfide) groups is 1. The standard InChI is InChI=1S/C24H25FN8O2S/c25-22-11-18(21-12-19(33(35)24(21)34)15-32-9-7-27-31-32)5-6-20(22)17-3-1-16(2-4-17)13-26-8-10-36-23-14-28-30-29-23/h1-7,9,11,14,19,21,26,33H,8,10,12-13,15H2,(H,28,29,30). The molecule has 0 saturated carbocycles. The van der Waals surface area contributed by atoms with E-state index >= 15 is 4.39 Å². The van der Waals surface area contributed by atoms with Gasteiger partial charge >= 0.3 is 5.91 Å². The minimum Gasteiger partial charge on any atom is -0.626 e. The summed E-state index contributed by atoms with van der Waals surface area (Å²) in [5, 5.41) is 34.2. The lowest BCUT2D eigenvalue weighted by Gasteiger charge is -2.21. The number of quaternary nitrogens is 1. The summed E-state index contributed by atoms with van der Waals surface area (Å²) >= 11 is 1.64. The summed E-state index contributed by atoms with van der Waals surface area (Å²) in [5.41, 5.74) is 2.83. The number of hydroxylamine groups is 2. The van der Waals surface area contributed by atoms with Gasteiger partial charge in [0.05, 0.1) is 18.9 Å². The van der Waals surface area contributed by atoms with Crippen molar-refractivity contribution < 1.29 is 14.2 Å². The number of amides is 1. The number of rotatable bonds is 10. The number of aromatic nitrogens is 6. The number of carbonyl (C=O) groups excluding carboxylic acids is 1. The molecule has 2 aromatic heterocycles. The largest absolute Gasteiger partial charge is 0.626 e. The van der Waals surface area contributed by atoms with Crippen LogP contribution in [0.1, 0.15) is 23.5 Å². The smallest absolute Gasteiger partial charge is 0.320 e. The zero-order chi connectivity index (χ0) is 24.9. The number of hydrogen-bond acceptors (Lipinski definition) is 8. The molecule has 1 amide bonds. The molecular formula is C24H25FN8O2S. The first-order chi connectivity index (χ1) is 17.6. The van der Waals surface area contributed by atoms with E-state index < -0.39 is 28.7 Å². The van der Waals surface area contributed by atoms with Gasteiger partial charge in [-0.3, -0.25) is 5.10 Å². The van der Waals surface area contributed by atoms with Crippen LogP contribution in [0.5, 0.6) is 0 Å². The number of hydrogen-bond donors (Lipinski definition) is 3. The van der Waals surface area contributed by atoms with Crippen molar-refractivity contribution in [2.45, 2.75) is 36.5 Å². The lowest BCUT2D eigenvalue weighted by molar-refractivity contribution is -0.786. The van der Waals surface area contributed by atoms with Crippen LogP contribution in [-0.4, -0.2) is 54.7 Å². The van der Waals surface area contributed by atoms with Gasteiger partial charge in [-0.2, -0.15) is 0 Å². The van der Waals surface area contributed by atoms with Crippen molar-refractivity contribution in [3.05, 3.63) is 83.2 Å². The Morgan fingerprint density at radius 3 is 2.81 bits per heavy atom. The van der Waals surface area contributed by atoms with Crippen LogP contribution in [0.3, 0.4) is 0 Å². The molecule has 3 N–H and O–H groups in total. The van der Waals surface area contributed by atoms with Crippen molar-refractivity contribution in [3.63, 3.8) is 0 Å². The fourth-order valence-corrected chi connectivity index (χ4v) is 5.07. The molecule has 0 radical (unpaired) electrons. The van der Waals surface area contributed by atoms with Gasteiger partial charge in [0.1, 0.15) is 22.8 Å². The van der Waals surface area contributed by atoms with Crippen LogP contribution in [0.15, 0.2) is 66.1 Å². The first kappa shape index (κ1) is 24.3. The Kier molecular flexibility index (Phi) is 7.47. The van der Waals surface area contributed by atoms with Crippen molar-refractivity contribution in [2.75, 3.05) is 12.3 Å². The Balaban J connectivity index is 1.18. The molecule has 1 saturated heterocycles. The van der Waals surface area contributed by atoms with Gasteiger partial charge in [0, 0.05) is 37.0 Å². The average molecular weight is 509 g/mol. The normalized spacial score (nSPS) is 19.7. The molecule has 3 atom stereocenters. The number of halogens is 1. The summed E-state index contributed by atoms with van der Waals surface area (Å²) in [6.07, 6.45) is 5.21. The zero-order valence-electron chi connectivity index (χ0n) is 19.3. The molecule has 0 aliphatic carbocycles. The van der Waals surface area contributed by atoms with E-state index in [0.29, 0.717) is 30.6 Å². The van der Waals surface area contributed by atoms with Crippen LogP contribution in [0.2, 0.25) is 0 Å². The van der Waals surface area contributed by atoms with Crippen LogP contribution in [0.25, 0.3) is 11.1 Å². The van der Waals surface area contributed by atoms with E-state index in [4.69, 9.17) is 0 Å². The lowest BCUT2D eigenvalue weighted by atomic mass is 9.93. The minimum atomic E-state index is -0.634. The highest BCUT2D eigenvalue weighted by Crippen LogP contribution is 2.30. The summed E-state index contributed by atoms with van der Waals surface area (Å²) in [4.78, 5) is 12.6. The third kappa shape index (κ3) is 5.51. The van der Waals surface area contributed by atoms with Crippen LogP contribution in [-0.2, 0) is 17.9 Å². The zero-order valence-corrected chi connectivity index (χ0v) is 20.1. The Morgan fingerprint density at radius 2 is 2.08 bits per heavy atom. The second-order valence-corrected chi connectivity index (χ2v) is 9.76. The van der Waals surface area contributed by atoms with Crippen molar-refractivity contribution in [1.82, 2.24) is 35.7 Å². The molecule has 0 bridgehead atoms. The van der Waals surface area contributed by atoms with Gasteiger partial charge in [0.15, 0.2) is 0 Å². The van der Waals surface area contributed by atoms with Crippen LogP contribution in [0.4, 0.5) is 4.39 Å². The molecule has 4 aromatic rings. The summed E-state index contributed by atoms with van der Waals surface area (Å²) < 4.78 is 16.6. The van der Waals surface area contributed by atoms with Gasteiger partial charge in [-0.05, 0) is 22.8 Å². The van der Waals surface area contributed by atoms with Gasteiger partial charge in [-0.25, -0.2) is 13.9 Å². The maximum atomic E-state index is 15.1. The number of H-pyrrole nitrogens is 1. The predicted molar refractivity (Wildman–Crippen MR) is 131 cm³/mol. The Labute approximate surface area is 210 Å². The van der Waals surface area contributed by atoms with E-state index in [0.717, 1.165) is 28.5 Å². The molecule has 2 aromatic carbocycles. The molecule has 5 rings (SSSR count). The summed E-state index contributed by atoms with van der Waals surface area (Å²) in [6.45, 7) is 1.82. The van der Waals surface area contributed by atoms with E-state index in [2.05, 4.69) is 31.0 Å². The van der Waals surface area contributed by atoms with Crippen molar-refractivity contribution >= 4 is 17.7 Å². The van der Waals surface area contributed by atoms with Crippen LogP contribution < -0.4 is 10.4 Å². The topological polar surface area (TPSA) is 129 Å². The van der Waals surface area contributed by atoms with E-state index in [1.807, 2.05) is 24.3 Å². The van der Waals surface area contributed by atoms with Crippen LogP contribution in [0, 0.1) is 11.0 Å². The predicted octanol–water partition coefficient (Wildman–Crippen LogP) is 1.55. The SMILES string of the molecule is O=C1C(c2ccc(-c3ccc(CNCCSc4cnn[nH]4)cc3)c(F)c2)CC(Cn2ccnn2)[NH+]1[O-]. The van der Waals surface area contributed by atoms with Crippen LogP contribution >= 0.6 is 11.8 Å². The second-order valence-electron chi connectivity index (χ2n) is 8.62. The molecule has 12 heteroatoms. The van der Waals surface area contributed by atoms with Gasteiger partial charge < -0.3 is 15.6 Å². The van der Waals surface area contributed by atoms with Gasteiger partial charge in [0.2, 0.25) is 0 Å². The first-order valence-electron chi connectivity index (χ1n) is 11.6. The summed E-state index contributed by atoms with van der Waals surface area (Å²) in [5.74, 6) is -0.631. The van der Waals surface area contributed by atoms with E-state index in [1.54, 1.807) is 41.0 Å². The third-order valence-corrected chi connectivity index (χ3v) is 7.16. The maximum absolute atomic E-state index is 15.1. The molecule has 186 valence electrons. The number of benzene rings is 2. The molecular weight excluding hydrogens is 483 g/mol. The Hall–Kier alpha value is -3.45. The second kappa shape index (κ2) is 11.1. The highest BCUT2D eigenvalue weighted by Gasteiger charge is 2.42. The molecule has 1 aliphatic rings. The molecule has 1 aliphatic heterocycles. The van der Waals surface area contributed by atoms with Gasteiger partial charge in [-0.1, -0.05) is 46.8 Å². The highest BCUT2D eigenvalue weighted by molar-refractivity contribution is 7.99. The van der Waals surface area contributed by atoms with Crippen molar-refractivity contribution in [1.29, 1.82) is 0 Å². The average Bonchev–Trinajstić information content (AvgIpc) is 3.65. The fraction of sp³-hybridized carbons (Fsp3) is 0.292. The van der Waals surface area contributed by atoms with Gasteiger partial charge in [0.25, 0.3) is 0 Å². The molecule has 36 heavy (non-hydrogen) atoms. The van der Waals surface area contributed by atoms with E-state index in [1.165, 1.54) is 12.3 Å². The van der Waals surface area contributed by atoms with E-state index in [-0.39, 0.29) is 0 Å². The van der Waals surface area contributed by atoms with Crippen molar-refractivity contribution in [2.24, 2.45) is 0 Å².